The number of benzene rings is 1. The minimum atomic E-state index is -3.38. The van der Waals surface area contributed by atoms with Crippen molar-refractivity contribution >= 4 is 39.6 Å². The maximum absolute atomic E-state index is 12.7. The van der Waals surface area contributed by atoms with E-state index in [9.17, 15) is 23.1 Å². The topological polar surface area (TPSA) is 119 Å². The number of ether oxygens (including phenoxy) is 1. The third kappa shape index (κ3) is 3.15. The lowest BCUT2D eigenvalue weighted by molar-refractivity contribution is -0.141. The lowest BCUT2D eigenvalue weighted by atomic mass is 10.0. The number of aromatic nitrogens is 2. The van der Waals surface area contributed by atoms with Gasteiger partial charge in [0.05, 0.1) is 24.1 Å². The minimum absolute atomic E-state index is 0.00611. The smallest absolute Gasteiger partial charge is 0.353 e. The number of sulfone groups is 1. The van der Waals surface area contributed by atoms with Crippen LogP contribution in [0.4, 0.5) is 0 Å². The Bertz CT molecular complexity index is 1290. The van der Waals surface area contributed by atoms with E-state index in [0.29, 0.717) is 34.9 Å². The van der Waals surface area contributed by atoms with Crippen LogP contribution in [0.25, 0.3) is 6.08 Å². The number of hydrogen-bond donors (Lipinski definition) is 1. The molecule has 9 nitrogen and oxygen atoms in total. The Balaban J connectivity index is 1.42. The molecular weight excluding hydrogens is 442 g/mol. The van der Waals surface area contributed by atoms with Crippen molar-refractivity contribution in [1.29, 1.82) is 0 Å². The van der Waals surface area contributed by atoms with Gasteiger partial charge < -0.3 is 14.4 Å². The Morgan fingerprint density at radius 1 is 1.35 bits per heavy atom. The summed E-state index contributed by atoms with van der Waals surface area (Å²) in [5.74, 6) is -0.833. The Hall–Kier alpha value is -3.05. The number of carbonyl (C=O) groups is 2. The normalized spacial score (nSPS) is 22.5. The molecule has 0 bridgehead atoms. The number of nitrogens with zero attached hydrogens (tertiary/aromatic N) is 3. The van der Waals surface area contributed by atoms with Gasteiger partial charge in [0, 0.05) is 24.1 Å². The minimum Gasteiger partial charge on any atom is -0.497 e. The number of carbonyl (C=O) groups excluding carboxylic acids is 1. The predicted molar refractivity (Wildman–Crippen MR) is 112 cm³/mol. The van der Waals surface area contributed by atoms with Crippen LogP contribution in [0.5, 0.6) is 5.75 Å². The van der Waals surface area contributed by atoms with Gasteiger partial charge in [-0.1, -0.05) is 23.9 Å². The van der Waals surface area contributed by atoms with Crippen molar-refractivity contribution in [2.45, 2.75) is 23.5 Å². The van der Waals surface area contributed by atoms with Gasteiger partial charge in [-0.2, -0.15) is 0 Å². The van der Waals surface area contributed by atoms with Gasteiger partial charge in [0.15, 0.2) is 0 Å². The zero-order chi connectivity index (χ0) is 21.9. The van der Waals surface area contributed by atoms with E-state index in [1.54, 1.807) is 36.1 Å². The molecule has 1 N–H and O–H groups in total. The number of carboxylic acid groups (broad SMARTS) is 1. The van der Waals surface area contributed by atoms with Gasteiger partial charge in [0.2, 0.25) is 15.0 Å². The first kappa shape index (κ1) is 19.9. The van der Waals surface area contributed by atoms with Crippen LogP contribution >= 0.6 is 11.8 Å². The molecule has 0 radical (unpaired) electrons. The first-order valence-corrected chi connectivity index (χ1v) is 11.9. The molecule has 2 aromatic rings. The fourth-order valence-corrected chi connectivity index (χ4v) is 6.64. The van der Waals surface area contributed by atoms with Crippen molar-refractivity contribution in [3.63, 3.8) is 0 Å². The van der Waals surface area contributed by atoms with E-state index in [-0.39, 0.29) is 16.6 Å². The van der Waals surface area contributed by atoms with Gasteiger partial charge in [-0.05, 0) is 23.8 Å². The number of imidazole rings is 1. The third-order valence-corrected chi connectivity index (χ3v) is 8.30. The molecule has 1 atom stereocenters. The van der Waals surface area contributed by atoms with E-state index < -0.39 is 27.1 Å². The molecule has 0 spiro atoms. The number of aryl methyl sites for hydroxylation is 1. The molecule has 1 saturated heterocycles. The zero-order valence-electron chi connectivity index (χ0n) is 16.3. The SMILES string of the molecule is COc1ccc(CC2=C(C(=O)O)N3C(=O)/C(=C/c4cn5c(n4)S(=O)(=O)CC5)[C@H]3S2)cc1. The highest BCUT2D eigenvalue weighted by Crippen LogP contribution is 2.50. The molecule has 1 fully saturated rings. The number of aliphatic carboxylic acids is 1. The highest BCUT2D eigenvalue weighted by Gasteiger charge is 2.52. The highest BCUT2D eigenvalue weighted by molar-refractivity contribution is 8.04. The number of allylic oxidation sites excluding steroid dienone is 1. The second kappa shape index (κ2) is 6.99. The summed E-state index contributed by atoms with van der Waals surface area (Å²) in [6, 6.07) is 7.31. The van der Waals surface area contributed by atoms with Crippen molar-refractivity contribution < 1.29 is 27.9 Å². The molecule has 1 amide bonds. The van der Waals surface area contributed by atoms with Crippen LogP contribution in [-0.4, -0.2) is 58.1 Å². The van der Waals surface area contributed by atoms with E-state index in [2.05, 4.69) is 4.98 Å². The number of fused-ring (bicyclic) bond motifs is 2. The summed E-state index contributed by atoms with van der Waals surface area (Å²) in [7, 11) is -1.81. The van der Waals surface area contributed by atoms with Crippen LogP contribution in [0.2, 0.25) is 0 Å². The lowest BCUT2D eigenvalue weighted by Crippen LogP contribution is -2.51. The molecule has 3 aliphatic rings. The molecule has 0 aliphatic carbocycles. The Labute approximate surface area is 181 Å². The van der Waals surface area contributed by atoms with Gasteiger partial charge in [-0.15, -0.1) is 0 Å². The fraction of sp³-hybridized carbons (Fsp3) is 0.250. The summed E-state index contributed by atoms with van der Waals surface area (Å²) in [5, 5.41) is 9.26. The van der Waals surface area contributed by atoms with E-state index >= 15 is 0 Å². The number of rotatable bonds is 5. The standard InChI is InChI=1S/C20H17N3O6S2/c1-29-13-4-2-11(3-5-13)8-15-16(19(25)26)23-17(24)14(18(23)30-15)9-12-10-22-6-7-31(27,28)20(22)21-12/h2-5,9-10,18H,6-8H2,1H3,(H,25,26)/b14-9-/t18-/m1/s1. The number of carboxylic acids is 1. The van der Waals surface area contributed by atoms with E-state index in [0.717, 1.165) is 5.56 Å². The maximum atomic E-state index is 12.7. The largest absolute Gasteiger partial charge is 0.497 e. The molecule has 31 heavy (non-hydrogen) atoms. The third-order valence-electron chi connectivity index (χ3n) is 5.39. The van der Waals surface area contributed by atoms with E-state index in [1.165, 1.54) is 16.7 Å². The number of methoxy groups -OCH3 is 1. The van der Waals surface area contributed by atoms with Crippen LogP contribution in [0.3, 0.4) is 0 Å². The Kier molecular flexibility index (Phi) is 4.48. The average Bonchev–Trinajstić information content (AvgIpc) is 3.38. The van der Waals surface area contributed by atoms with Gasteiger partial charge in [0.1, 0.15) is 16.8 Å². The fourth-order valence-electron chi connectivity index (χ4n) is 3.86. The summed E-state index contributed by atoms with van der Waals surface area (Å²) in [4.78, 5) is 30.6. The molecule has 4 heterocycles. The molecule has 1 aromatic heterocycles. The molecule has 0 saturated carbocycles. The van der Waals surface area contributed by atoms with Crippen LogP contribution in [0.15, 0.2) is 51.8 Å². The number of β-lactam (4-membered cyclic amide) rings is 1. The maximum Gasteiger partial charge on any atom is 0.353 e. The van der Waals surface area contributed by atoms with Gasteiger partial charge in [0.25, 0.3) is 5.91 Å². The molecule has 5 rings (SSSR count). The van der Waals surface area contributed by atoms with Crippen LogP contribution < -0.4 is 4.74 Å². The molecule has 11 heteroatoms. The van der Waals surface area contributed by atoms with Crippen molar-refractivity contribution in [2.24, 2.45) is 0 Å². The Morgan fingerprint density at radius 3 is 2.74 bits per heavy atom. The monoisotopic (exact) mass is 459 g/mol. The van der Waals surface area contributed by atoms with Crippen molar-refractivity contribution in [3.05, 3.63) is 57.9 Å². The lowest BCUT2D eigenvalue weighted by Gasteiger charge is -2.36. The summed E-state index contributed by atoms with van der Waals surface area (Å²) < 4.78 is 30.7. The van der Waals surface area contributed by atoms with E-state index in [1.807, 2.05) is 12.1 Å². The van der Waals surface area contributed by atoms with Crippen LogP contribution in [-0.2, 0) is 32.4 Å². The molecule has 160 valence electrons. The first-order valence-electron chi connectivity index (χ1n) is 9.39. The quantitative estimate of drug-likeness (QED) is 0.528. The molecular formula is C20H17N3O6S2. The molecule has 3 aliphatic heterocycles. The first-order chi connectivity index (χ1) is 14.8. The van der Waals surface area contributed by atoms with Crippen molar-refractivity contribution in [2.75, 3.05) is 12.9 Å². The summed E-state index contributed by atoms with van der Waals surface area (Å²) in [6.45, 7) is 0.336. The van der Waals surface area contributed by atoms with Gasteiger partial charge in [-0.25, -0.2) is 18.2 Å². The predicted octanol–water partition coefficient (Wildman–Crippen LogP) is 1.52. The van der Waals surface area contributed by atoms with Gasteiger partial charge in [-0.3, -0.25) is 9.69 Å². The van der Waals surface area contributed by atoms with Gasteiger partial charge >= 0.3 is 5.97 Å². The second-order valence-corrected chi connectivity index (χ2v) is 10.5. The summed E-state index contributed by atoms with van der Waals surface area (Å²) >= 11 is 1.31. The summed E-state index contributed by atoms with van der Waals surface area (Å²) in [6.07, 6.45) is 3.53. The summed E-state index contributed by atoms with van der Waals surface area (Å²) in [5.41, 5.74) is 1.67. The van der Waals surface area contributed by atoms with Crippen molar-refractivity contribution in [1.82, 2.24) is 14.5 Å². The van der Waals surface area contributed by atoms with Crippen LogP contribution in [0.1, 0.15) is 11.3 Å². The number of hydrogen-bond acceptors (Lipinski definition) is 7. The van der Waals surface area contributed by atoms with E-state index in [4.69, 9.17) is 4.74 Å². The zero-order valence-corrected chi connectivity index (χ0v) is 17.9. The Morgan fingerprint density at radius 2 is 2.10 bits per heavy atom. The van der Waals surface area contributed by atoms with Crippen molar-refractivity contribution in [3.8, 4) is 5.75 Å². The average molecular weight is 460 g/mol. The number of amides is 1. The number of thioether (sulfide) groups is 1. The highest BCUT2D eigenvalue weighted by atomic mass is 32.2. The molecule has 1 aromatic carbocycles. The molecule has 0 unspecified atom stereocenters. The van der Waals surface area contributed by atoms with Crippen LogP contribution in [0, 0.1) is 0 Å². The second-order valence-electron chi connectivity index (χ2n) is 7.31.